The zero-order valence-corrected chi connectivity index (χ0v) is 12.1. The molecule has 1 saturated heterocycles. The highest BCUT2D eigenvalue weighted by Gasteiger charge is 2.21. The normalized spacial score (nSPS) is 20.3. The molecule has 1 aromatic heterocycles. The van der Waals surface area contributed by atoms with E-state index in [0.717, 1.165) is 17.5 Å². The smallest absolute Gasteiger partial charge is 0.191 e. The average molecular weight is 267 g/mol. The van der Waals surface area contributed by atoms with Gasteiger partial charge < -0.3 is 15.5 Å². The van der Waals surface area contributed by atoms with Crippen molar-refractivity contribution < 1.29 is 0 Å². The Morgan fingerprint density at radius 3 is 2.94 bits per heavy atom. The average Bonchev–Trinajstić information content (AvgIpc) is 2.73. The number of rotatable bonds is 4. The first-order chi connectivity index (χ1) is 8.58. The van der Waals surface area contributed by atoms with E-state index in [1.807, 2.05) is 12.3 Å². The van der Waals surface area contributed by atoms with Crippen LogP contribution in [-0.4, -0.2) is 54.9 Å². The number of aromatic nitrogens is 2. The van der Waals surface area contributed by atoms with Gasteiger partial charge in [-0.25, -0.2) is 9.97 Å². The fourth-order valence-corrected chi connectivity index (χ4v) is 2.75. The van der Waals surface area contributed by atoms with Crippen LogP contribution in [0.3, 0.4) is 0 Å². The molecule has 1 fully saturated rings. The minimum atomic E-state index is 0.541. The van der Waals surface area contributed by atoms with Crippen LogP contribution < -0.4 is 10.6 Å². The molecule has 2 N–H and O–H groups in total. The van der Waals surface area contributed by atoms with Crippen LogP contribution in [0.15, 0.2) is 11.2 Å². The number of hydrogen-bond acceptors (Lipinski definition) is 6. The maximum atomic E-state index is 5.80. The number of nitrogen functional groups attached to an aromatic ring is 1. The first kappa shape index (κ1) is 13.4. The predicted octanol–water partition coefficient (Wildman–Crippen LogP) is 1.17. The number of hydrogen-bond donors (Lipinski definition) is 1. The molecule has 2 rings (SSSR count). The Kier molecular flexibility index (Phi) is 4.29. The summed E-state index contributed by atoms with van der Waals surface area (Å²) < 4.78 is 0. The molecule has 1 aliphatic heterocycles. The fourth-order valence-electron chi connectivity index (χ4n) is 2.37. The van der Waals surface area contributed by atoms with Crippen molar-refractivity contribution in [1.82, 2.24) is 14.9 Å². The summed E-state index contributed by atoms with van der Waals surface area (Å²) in [6.45, 7) is 3.38. The summed E-state index contributed by atoms with van der Waals surface area (Å²) in [5.74, 6) is 2.18. The molecule has 1 unspecified atom stereocenters. The largest absolute Gasteiger partial charge is 0.383 e. The van der Waals surface area contributed by atoms with Crippen molar-refractivity contribution >= 4 is 23.4 Å². The van der Waals surface area contributed by atoms with Gasteiger partial charge in [0.2, 0.25) is 0 Å². The van der Waals surface area contributed by atoms with Crippen molar-refractivity contribution in [1.29, 1.82) is 0 Å². The number of anilines is 2. The van der Waals surface area contributed by atoms with Gasteiger partial charge in [-0.05, 0) is 32.2 Å². The third kappa shape index (κ3) is 3.26. The second-order valence-electron chi connectivity index (χ2n) is 4.94. The lowest BCUT2D eigenvalue weighted by molar-refractivity contribution is 0.395. The number of nitrogens with zero attached hydrogens (tertiary/aromatic N) is 4. The van der Waals surface area contributed by atoms with Crippen molar-refractivity contribution in [2.75, 3.05) is 50.6 Å². The van der Waals surface area contributed by atoms with E-state index >= 15 is 0 Å². The third-order valence-electron chi connectivity index (χ3n) is 3.31. The fraction of sp³-hybridized carbons (Fsp3) is 0.667. The Balaban J connectivity index is 2.03. The van der Waals surface area contributed by atoms with Gasteiger partial charge >= 0.3 is 0 Å². The van der Waals surface area contributed by atoms with Crippen molar-refractivity contribution in [3.05, 3.63) is 6.07 Å². The van der Waals surface area contributed by atoms with Crippen molar-refractivity contribution in [2.24, 2.45) is 5.92 Å². The predicted molar refractivity (Wildman–Crippen MR) is 77.1 cm³/mol. The van der Waals surface area contributed by atoms with Crippen molar-refractivity contribution in [2.45, 2.75) is 11.6 Å². The van der Waals surface area contributed by atoms with Crippen molar-refractivity contribution in [3.63, 3.8) is 0 Å². The molecule has 5 nitrogen and oxygen atoms in total. The molecule has 1 aliphatic rings. The third-order valence-corrected chi connectivity index (χ3v) is 3.85. The lowest BCUT2D eigenvalue weighted by Gasteiger charge is -2.22. The van der Waals surface area contributed by atoms with Gasteiger partial charge in [0.25, 0.3) is 0 Å². The maximum Gasteiger partial charge on any atom is 0.191 e. The minimum Gasteiger partial charge on any atom is -0.383 e. The Morgan fingerprint density at radius 2 is 2.33 bits per heavy atom. The Hall–Kier alpha value is -1.01. The SMILES string of the molecule is CSc1nc(N)cc(N(C)CC2CCN(C)C2)n1. The monoisotopic (exact) mass is 267 g/mol. The molecule has 0 bridgehead atoms. The molecule has 2 heterocycles. The van der Waals surface area contributed by atoms with Crippen LogP contribution in [0.1, 0.15) is 6.42 Å². The summed E-state index contributed by atoms with van der Waals surface area (Å²) in [5, 5.41) is 0.736. The zero-order valence-electron chi connectivity index (χ0n) is 11.3. The van der Waals surface area contributed by atoms with Gasteiger partial charge in [0.05, 0.1) is 0 Å². The van der Waals surface area contributed by atoms with Crippen LogP contribution in [-0.2, 0) is 0 Å². The van der Waals surface area contributed by atoms with E-state index in [0.29, 0.717) is 11.7 Å². The summed E-state index contributed by atoms with van der Waals surface area (Å²) in [7, 11) is 4.25. The highest BCUT2D eigenvalue weighted by molar-refractivity contribution is 7.98. The molecule has 0 aliphatic carbocycles. The maximum absolute atomic E-state index is 5.80. The lowest BCUT2D eigenvalue weighted by Crippen LogP contribution is -2.28. The molecule has 100 valence electrons. The minimum absolute atomic E-state index is 0.541. The van der Waals surface area contributed by atoms with Crippen molar-refractivity contribution in [3.8, 4) is 0 Å². The molecule has 1 atom stereocenters. The van der Waals surface area contributed by atoms with Crippen LogP contribution >= 0.6 is 11.8 Å². The molecular formula is C12H21N5S. The van der Waals surface area contributed by atoms with E-state index in [2.05, 4.69) is 33.9 Å². The molecule has 0 spiro atoms. The number of nitrogens with two attached hydrogens (primary N) is 1. The standard InChI is InChI=1S/C12H21N5S/c1-16-5-4-9(7-16)8-17(2)11-6-10(13)14-12(15-11)18-3/h6,9H,4-5,7-8H2,1-3H3,(H2,13,14,15). The second kappa shape index (κ2) is 5.75. The van der Waals surface area contributed by atoms with E-state index in [1.54, 1.807) is 0 Å². The molecule has 0 saturated carbocycles. The Labute approximate surface area is 113 Å². The molecule has 0 radical (unpaired) electrons. The summed E-state index contributed by atoms with van der Waals surface area (Å²) in [6.07, 6.45) is 3.22. The van der Waals surface area contributed by atoms with E-state index in [1.165, 1.54) is 31.3 Å². The Bertz CT molecular complexity index is 411. The van der Waals surface area contributed by atoms with Crippen LogP contribution in [0.5, 0.6) is 0 Å². The Morgan fingerprint density at radius 1 is 1.56 bits per heavy atom. The zero-order chi connectivity index (χ0) is 13.1. The molecule has 1 aromatic rings. The van der Waals surface area contributed by atoms with Crippen LogP contribution in [0.2, 0.25) is 0 Å². The number of likely N-dealkylation sites (tertiary alicyclic amines) is 1. The molecule has 6 heteroatoms. The first-order valence-electron chi connectivity index (χ1n) is 6.16. The number of thioether (sulfide) groups is 1. The molecular weight excluding hydrogens is 246 g/mol. The van der Waals surface area contributed by atoms with E-state index in [4.69, 9.17) is 5.73 Å². The van der Waals surface area contributed by atoms with E-state index in [-0.39, 0.29) is 0 Å². The van der Waals surface area contributed by atoms with E-state index < -0.39 is 0 Å². The molecule has 0 aromatic carbocycles. The second-order valence-corrected chi connectivity index (χ2v) is 5.71. The van der Waals surface area contributed by atoms with Crippen LogP contribution in [0.4, 0.5) is 11.6 Å². The van der Waals surface area contributed by atoms with Gasteiger partial charge in [0, 0.05) is 26.2 Å². The summed E-state index contributed by atoms with van der Waals surface area (Å²) in [4.78, 5) is 13.2. The summed E-state index contributed by atoms with van der Waals surface area (Å²) in [6, 6.07) is 1.85. The van der Waals surface area contributed by atoms with Crippen LogP contribution in [0.25, 0.3) is 0 Å². The van der Waals surface area contributed by atoms with Gasteiger partial charge in [0.15, 0.2) is 5.16 Å². The molecule has 18 heavy (non-hydrogen) atoms. The van der Waals surface area contributed by atoms with Gasteiger partial charge in [-0.15, -0.1) is 0 Å². The molecule has 0 amide bonds. The van der Waals surface area contributed by atoms with Crippen LogP contribution in [0, 0.1) is 5.92 Å². The summed E-state index contributed by atoms with van der Waals surface area (Å²) >= 11 is 1.52. The lowest BCUT2D eigenvalue weighted by atomic mass is 10.1. The highest BCUT2D eigenvalue weighted by atomic mass is 32.2. The van der Waals surface area contributed by atoms with Gasteiger partial charge in [0.1, 0.15) is 11.6 Å². The van der Waals surface area contributed by atoms with E-state index in [9.17, 15) is 0 Å². The summed E-state index contributed by atoms with van der Waals surface area (Å²) in [5.41, 5.74) is 5.80. The van der Waals surface area contributed by atoms with Gasteiger partial charge in [-0.1, -0.05) is 11.8 Å². The quantitative estimate of drug-likeness (QED) is 0.653. The highest BCUT2D eigenvalue weighted by Crippen LogP contribution is 2.21. The first-order valence-corrected chi connectivity index (χ1v) is 7.39. The van der Waals surface area contributed by atoms with Gasteiger partial charge in [-0.3, -0.25) is 0 Å². The van der Waals surface area contributed by atoms with Gasteiger partial charge in [-0.2, -0.15) is 0 Å². The topological polar surface area (TPSA) is 58.3 Å².